The highest BCUT2D eigenvalue weighted by molar-refractivity contribution is 5.99. The van der Waals surface area contributed by atoms with Crippen LogP contribution in [0.15, 0.2) is 24.3 Å². The molecule has 1 aromatic carbocycles. The third kappa shape index (κ3) is 4.37. The highest BCUT2D eigenvalue weighted by atomic mass is 35.5. The topological polar surface area (TPSA) is 73.6 Å². The van der Waals surface area contributed by atoms with E-state index in [1.54, 1.807) is 0 Å². The Labute approximate surface area is 143 Å². The molecule has 1 atom stereocenters. The van der Waals surface area contributed by atoms with Crippen LogP contribution in [-0.4, -0.2) is 30.8 Å². The SMILES string of the molecule is Cl.NC1(C(=O)Nc2ccccc2OCC2CCCO2)CCCC1. The van der Waals surface area contributed by atoms with E-state index in [1.807, 2.05) is 24.3 Å². The number of carbonyl (C=O) groups excluding carboxylic acids is 1. The van der Waals surface area contributed by atoms with Gasteiger partial charge in [0.2, 0.25) is 5.91 Å². The third-order valence-electron chi connectivity index (χ3n) is 4.53. The number of nitrogens with two attached hydrogens (primary N) is 1. The summed E-state index contributed by atoms with van der Waals surface area (Å²) in [4.78, 5) is 12.4. The first-order valence-electron chi connectivity index (χ1n) is 8.11. The second-order valence-electron chi connectivity index (χ2n) is 6.26. The Morgan fingerprint density at radius 1 is 1.30 bits per heavy atom. The molecule has 0 radical (unpaired) electrons. The van der Waals surface area contributed by atoms with E-state index in [2.05, 4.69) is 5.32 Å². The number of benzene rings is 1. The molecule has 0 aromatic heterocycles. The molecule has 1 saturated carbocycles. The van der Waals surface area contributed by atoms with Gasteiger partial charge in [-0.25, -0.2) is 0 Å². The maximum atomic E-state index is 12.4. The van der Waals surface area contributed by atoms with Crippen LogP contribution >= 0.6 is 12.4 Å². The van der Waals surface area contributed by atoms with E-state index in [0.29, 0.717) is 18.0 Å². The predicted octanol–water partition coefficient (Wildman–Crippen LogP) is 2.88. The number of nitrogens with one attached hydrogen (secondary N) is 1. The zero-order valence-corrected chi connectivity index (χ0v) is 14.1. The fourth-order valence-electron chi connectivity index (χ4n) is 3.13. The molecule has 3 N–H and O–H groups in total. The van der Waals surface area contributed by atoms with E-state index < -0.39 is 5.54 Å². The zero-order chi connectivity index (χ0) is 15.4. The van der Waals surface area contributed by atoms with Crippen LogP contribution in [0.4, 0.5) is 5.69 Å². The normalized spacial score (nSPS) is 22.4. The van der Waals surface area contributed by atoms with Crippen LogP contribution in [0.2, 0.25) is 0 Å². The zero-order valence-electron chi connectivity index (χ0n) is 13.3. The van der Waals surface area contributed by atoms with Crippen molar-refractivity contribution < 1.29 is 14.3 Å². The Bertz CT molecular complexity index is 526. The van der Waals surface area contributed by atoms with Crippen molar-refractivity contribution in [2.45, 2.75) is 50.2 Å². The summed E-state index contributed by atoms with van der Waals surface area (Å²) in [6, 6.07) is 7.49. The monoisotopic (exact) mass is 340 g/mol. The molecule has 1 amide bonds. The Balaban J connectivity index is 0.00000192. The van der Waals surface area contributed by atoms with Gasteiger partial charge in [-0.1, -0.05) is 25.0 Å². The number of carbonyl (C=O) groups is 1. The van der Waals surface area contributed by atoms with E-state index in [-0.39, 0.29) is 24.4 Å². The molecule has 1 aromatic rings. The predicted molar refractivity (Wildman–Crippen MR) is 92.2 cm³/mol. The summed E-state index contributed by atoms with van der Waals surface area (Å²) in [5, 5.41) is 2.94. The van der Waals surface area contributed by atoms with E-state index in [4.69, 9.17) is 15.2 Å². The van der Waals surface area contributed by atoms with Crippen molar-refractivity contribution >= 4 is 24.0 Å². The van der Waals surface area contributed by atoms with Crippen molar-refractivity contribution in [1.82, 2.24) is 0 Å². The van der Waals surface area contributed by atoms with Crippen molar-refractivity contribution in [3.63, 3.8) is 0 Å². The summed E-state index contributed by atoms with van der Waals surface area (Å²) in [6.07, 6.45) is 5.79. The second-order valence-corrected chi connectivity index (χ2v) is 6.26. The second kappa shape index (κ2) is 7.99. The van der Waals surface area contributed by atoms with Gasteiger partial charge in [-0.2, -0.15) is 0 Å². The Morgan fingerprint density at radius 2 is 2.04 bits per heavy atom. The maximum absolute atomic E-state index is 12.4. The summed E-state index contributed by atoms with van der Waals surface area (Å²) >= 11 is 0. The molecule has 1 aliphatic carbocycles. The van der Waals surface area contributed by atoms with Gasteiger partial charge in [-0.3, -0.25) is 4.79 Å². The van der Waals surface area contributed by atoms with Gasteiger partial charge in [0.15, 0.2) is 0 Å². The number of ether oxygens (including phenoxy) is 2. The van der Waals surface area contributed by atoms with E-state index >= 15 is 0 Å². The van der Waals surface area contributed by atoms with Gasteiger partial charge in [0.25, 0.3) is 0 Å². The Kier molecular flexibility index (Phi) is 6.27. The molecule has 5 nitrogen and oxygen atoms in total. The van der Waals surface area contributed by atoms with Crippen LogP contribution in [0.5, 0.6) is 5.75 Å². The summed E-state index contributed by atoms with van der Waals surface area (Å²) in [6.45, 7) is 1.32. The largest absolute Gasteiger partial charge is 0.489 e. The minimum Gasteiger partial charge on any atom is -0.489 e. The number of hydrogen-bond donors (Lipinski definition) is 2. The molecule has 1 unspecified atom stereocenters. The maximum Gasteiger partial charge on any atom is 0.244 e. The minimum atomic E-state index is -0.734. The Morgan fingerprint density at radius 3 is 2.74 bits per heavy atom. The van der Waals surface area contributed by atoms with Crippen LogP contribution in [0.3, 0.4) is 0 Å². The highest BCUT2D eigenvalue weighted by Gasteiger charge is 2.37. The van der Waals surface area contributed by atoms with Gasteiger partial charge in [0.1, 0.15) is 12.4 Å². The number of halogens is 1. The number of hydrogen-bond acceptors (Lipinski definition) is 4. The number of rotatable bonds is 5. The van der Waals surface area contributed by atoms with Gasteiger partial charge >= 0.3 is 0 Å². The Hall–Kier alpha value is -1.30. The van der Waals surface area contributed by atoms with Crippen molar-refractivity contribution in [3.8, 4) is 5.75 Å². The molecule has 23 heavy (non-hydrogen) atoms. The summed E-state index contributed by atoms with van der Waals surface area (Å²) in [5.74, 6) is 0.561. The fraction of sp³-hybridized carbons (Fsp3) is 0.588. The van der Waals surface area contributed by atoms with E-state index in [9.17, 15) is 4.79 Å². The van der Waals surface area contributed by atoms with Crippen molar-refractivity contribution in [3.05, 3.63) is 24.3 Å². The standard InChI is InChI=1S/C17H24N2O3.ClH/c18-17(9-3-4-10-17)16(20)19-14-7-1-2-8-15(14)22-12-13-6-5-11-21-13;/h1-2,7-8,13H,3-6,9-12,18H2,(H,19,20);1H. The van der Waals surface area contributed by atoms with E-state index in [0.717, 1.165) is 45.1 Å². The number of amides is 1. The number of anilines is 1. The molecule has 6 heteroatoms. The number of para-hydroxylation sites is 2. The van der Waals surface area contributed by atoms with Crippen LogP contribution < -0.4 is 15.8 Å². The molecule has 2 fully saturated rings. The summed E-state index contributed by atoms with van der Waals surface area (Å²) < 4.78 is 11.4. The molecule has 3 rings (SSSR count). The average Bonchev–Trinajstić information content (AvgIpc) is 3.18. The van der Waals surface area contributed by atoms with Crippen molar-refractivity contribution in [2.75, 3.05) is 18.5 Å². The van der Waals surface area contributed by atoms with Gasteiger partial charge in [0, 0.05) is 6.61 Å². The first kappa shape index (κ1) is 18.0. The van der Waals surface area contributed by atoms with Gasteiger partial charge in [0.05, 0.1) is 17.3 Å². The van der Waals surface area contributed by atoms with Gasteiger partial charge in [-0.15, -0.1) is 12.4 Å². The quantitative estimate of drug-likeness (QED) is 0.864. The van der Waals surface area contributed by atoms with Crippen LogP contribution in [0.1, 0.15) is 38.5 Å². The summed E-state index contributed by atoms with van der Waals surface area (Å²) in [7, 11) is 0. The lowest BCUT2D eigenvalue weighted by molar-refractivity contribution is -0.121. The third-order valence-corrected chi connectivity index (χ3v) is 4.53. The molecule has 2 aliphatic rings. The first-order valence-corrected chi connectivity index (χ1v) is 8.11. The molecule has 128 valence electrons. The molecule has 1 heterocycles. The molecule has 0 bridgehead atoms. The average molecular weight is 341 g/mol. The minimum absolute atomic E-state index is 0. The van der Waals surface area contributed by atoms with Crippen LogP contribution in [0, 0.1) is 0 Å². The van der Waals surface area contributed by atoms with Crippen molar-refractivity contribution in [2.24, 2.45) is 5.73 Å². The van der Waals surface area contributed by atoms with Crippen LogP contribution in [-0.2, 0) is 9.53 Å². The lowest BCUT2D eigenvalue weighted by Gasteiger charge is -2.23. The molecule has 1 aliphatic heterocycles. The summed E-state index contributed by atoms with van der Waals surface area (Å²) in [5.41, 5.74) is 6.15. The fourth-order valence-corrected chi connectivity index (χ4v) is 3.13. The highest BCUT2D eigenvalue weighted by Crippen LogP contribution is 2.31. The molecular weight excluding hydrogens is 316 g/mol. The van der Waals surface area contributed by atoms with Gasteiger partial charge < -0.3 is 20.5 Å². The molecule has 1 saturated heterocycles. The lowest BCUT2D eigenvalue weighted by Crippen LogP contribution is -2.48. The van der Waals surface area contributed by atoms with Gasteiger partial charge in [-0.05, 0) is 37.8 Å². The molecule has 0 spiro atoms. The van der Waals surface area contributed by atoms with E-state index in [1.165, 1.54) is 0 Å². The smallest absolute Gasteiger partial charge is 0.244 e. The first-order chi connectivity index (χ1) is 10.7. The molecular formula is C17H25ClN2O3. The van der Waals surface area contributed by atoms with Crippen LogP contribution in [0.25, 0.3) is 0 Å². The van der Waals surface area contributed by atoms with Crippen molar-refractivity contribution in [1.29, 1.82) is 0 Å². The lowest BCUT2D eigenvalue weighted by atomic mass is 9.98.